The van der Waals surface area contributed by atoms with E-state index in [2.05, 4.69) is 10.6 Å². The highest BCUT2D eigenvalue weighted by Crippen LogP contribution is 2.33. The Labute approximate surface area is 198 Å². The van der Waals surface area contributed by atoms with Gasteiger partial charge >= 0.3 is 0 Å². The summed E-state index contributed by atoms with van der Waals surface area (Å²) in [5.41, 5.74) is 1.29. The number of ether oxygens (including phenoxy) is 1. The maximum atomic E-state index is 12.9. The molecule has 172 valence electrons. The van der Waals surface area contributed by atoms with Gasteiger partial charge in [0.05, 0.1) is 24.7 Å². The Morgan fingerprint density at radius 2 is 1.67 bits per heavy atom. The molecule has 3 aromatic carbocycles. The minimum atomic E-state index is -3.63. The molecule has 0 spiro atoms. The lowest BCUT2D eigenvalue weighted by molar-refractivity contribution is -0.114. The van der Waals surface area contributed by atoms with E-state index in [0.717, 1.165) is 15.5 Å². The number of sulfonamides is 1. The van der Waals surface area contributed by atoms with Crippen molar-refractivity contribution in [2.75, 3.05) is 43.5 Å². The third-order valence-corrected chi connectivity index (χ3v) is 8.00. The second-order valence-electron chi connectivity index (χ2n) is 7.36. The molecule has 4 rings (SSSR count). The smallest absolute Gasteiger partial charge is 0.243 e. The quantitative estimate of drug-likeness (QED) is 0.505. The number of carbonyl (C=O) groups excluding carboxylic acids is 1. The lowest BCUT2D eigenvalue weighted by atomic mass is 10.3. The van der Waals surface area contributed by atoms with Gasteiger partial charge in [-0.05, 0) is 42.5 Å². The minimum absolute atomic E-state index is 0.0484. The van der Waals surface area contributed by atoms with Crippen molar-refractivity contribution in [2.45, 2.75) is 14.7 Å². The van der Waals surface area contributed by atoms with Gasteiger partial charge in [-0.15, -0.1) is 0 Å². The lowest BCUT2D eigenvalue weighted by Gasteiger charge is -2.26. The van der Waals surface area contributed by atoms with Gasteiger partial charge in [-0.3, -0.25) is 4.79 Å². The van der Waals surface area contributed by atoms with Crippen LogP contribution in [0.3, 0.4) is 0 Å². The fraction of sp³-hybridized carbons (Fsp3) is 0.208. The summed E-state index contributed by atoms with van der Waals surface area (Å²) in [6, 6.07) is 24.1. The summed E-state index contributed by atoms with van der Waals surface area (Å²) in [6.45, 7) is 1.45. The van der Waals surface area contributed by atoms with Gasteiger partial charge in [-0.1, -0.05) is 48.2 Å². The average Bonchev–Trinajstić information content (AvgIpc) is 2.85. The number of benzene rings is 3. The van der Waals surface area contributed by atoms with Crippen molar-refractivity contribution in [1.29, 1.82) is 0 Å². The third kappa shape index (κ3) is 6.14. The standard InChI is InChI=1S/C24H25N3O4S2/c28-24(18-25-22-11-4-5-12-23(22)32-20-8-2-1-3-9-20)26-19-7-6-10-21(17-19)33(29,30)27-13-15-31-16-14-27/h1-12,17,25H,13-16,18H2,(H,26,28). The number of nitrogens with one attached hydrogen (secondary N) is 2. The van der Waals surface area contributed by atoms with Crippen molar-refractivity contribution in [3.63, 3.8) is 0 Å². The van der Waals surface area contributed by atoms with Crippen LogP contribution in [0.15, 0.2) is 93.5 Å². The first-order valence-corrected chi connectivity index (χ1v) is 12.8. The molecule has 0 saturated carbocycles. The average molecular weight is 484 g/mol. The number of hydrogen-bond acceptors (Lipinski definition) is 6. The molecule has 33 heavy (non-hydrogen) atoms. The second kappa shape index (κ2) is 10.8. The molecule has 0 radical (unpaired) electrons. The summed E-state index contributed by atoms with van der Waals surface area (Å²) in [4.78, 5) is 14.8. The number of rotatable bonds is 8. The van der Waals surface area contributed by atoms with E-state index in [0.29, 0.717) is 32.0 Å². The van der Waals surface area contributed by atoms with Gasteiger partial charge < -0.3 is 15.4 Å². The van der Waals surface area contributed by atoms with E-state index in [9.17, 15) is 13.2 Å². The van der Waals surface area contributed by atoms with Crippen LogP contribution in [0, 0.1) is 0 Å². The van der Waals surface area contributed by atoms with Crippen molar-refractivity contribution in [3.8, 4) is 0 Å². The highest BCUT2D eigenvalue weighted by atomic mass is 32.2. The summed E-state index contributed by atoms with van der Waals surface area (Å²) < 4.78 is 32.4. The Balaban J connectivity index is 1.39. The molecule has 1 heterocycles. The molecule has 1 saturated heterocycles. The molecule has 0 unspecified atom stereocenters. The van der Waals surface area contributed by atoms with Gasteiger partial charge in [0.2, 0.25) is 15.9 Å². The first-order chi connectivity index (χ1) is 16.0. The van der Waals surface area contributed by atoms with E-state index in [1.54, 1.807) is 23.9 Å². The zero-order valence-corrected chi connectivity index (χ0v) is 19.6. The van der Waals surface area contributed by atoms with E-state index >= 15 is 0 Å². The van der Waals surface area contributed by atoms with E-state index in [-0.39, 0.29) is 17.3 Å². The minimum Gasteiger partial charge on any atom is -0.379 e. The predicted molar refractivity (Wildman–Crippen MR) is 130 cm³/mol. The number of carbonyl (C=O) groups is 1. The topological polar surface area (TPSA) is 87.7 Å². The Hall–Kier alpha value is -2.85. The molecular formula is C24H25N3O4S2. The molecule has 1 aliphatic heterocycles. The summed E-state index contributed by atoms with van der Waals surface area (Å²) in [6.07, 6.45) is 0. The van der Waals surface area contributed by atoms with Crippen molar-refractivity contribution in [3.05, 3.63) is 78.9 Å². The Morgan fingerprint density at radius 3 is 2.45 bits per heavy atom. The predicted octanol–water partition coefficient (Wildman–Crippen LogP) is 3.91. The molecule has 0 aromatic heterocycles. The van der Waals surface area contributed by atoms with Crippen LogP contribution in [-0.4, -0.2) is 51.5 Å². The maximum absolute atomic E-state index is 12.9. The lowest BCUT2D eigenvalue weighted by Crippen LogP contribution is -2.40. The first kappa shape index (κ1) is 23.3. The normalized spacial score (nSPS) is 14.5. The molecule has 9 heteroatoms. The molecule has 0 aliphatic carbocycles. The van der Waals surface area contributed by atoms with Crippen LogP contribution < -0.4 is 10.6 Å². The molecular weight excluding hydrogens is 458 g/mol. The Kier molecular flexibility index (Phi) is 7.66. The fourth-order valence-electron chi connectivity index (χ4n) is 3.37. The van der Waals surface area contributed by atoms with Crippen LogP contribution in [0.5, 0.6) is 0 Å². The summed E-state index contributed by atoms with van der Waals surface area (Å²) >= 11 is 1.61. The van der Waals surface area contributed by atoms with Crippen LogP contribution in [0.25, 0.3) is 0 Å². The highest BCUT2D eigenvalue weighted by Gasteiger charge is 2.26. The van der Waals surface area contributed by atoms with E-state index in [4.69, 9.17) is 4.74 Å². The molecule has 1 aliphatic rings. The van der Waals surface area contributed by atoms with Crippen LogP contribution >= 0.6 is 11.8 Å². The van der Waals surface area contributed by atoms with E-state index < -0.39 is 10.0 Å². The zero-order chi connectivity index (χ0) is 23.1. The number of anilines is 2. The van der Waals surface area contributed by atoms with Crippen molar-refractivity contribution < 1.29 is 17.9 Å². The van der Waals surface area contributed by atoms with Gasteiger partial charge in [-0.2, -0.15) is 4.31 Å². The van der Waals surface area contributed by atoms with Crippen molar-refractivity contribution in [2.24, 2.45) is 0 Å². The second-order valence-corrected chi connectivity index (χ2v) is 10.4. The maximum Gasteiger partial charge on any atom is 0.243 e. The van der Waals surface area contributed by atoms with Gasteiger partial charge in [-0.25, -0.2) is 8.42 Å². The molecule has 3 aromatic rings. The summed E-state index contributed by atoms with van der Waals surface area (Å²) in [5.74, 6) is -0.268. The van der Waals surface area contributed by atoms with E-state index in [1.165, 1.54) is 16.4 Å². The molecule has 0 bridgehead atoms. The van der Waals surface area contributed by atoms with Crippen molar-refractivity contribution in [1.82, 2.24) is 4.31 Å². The van der Waals surface area contributed by atoms with Gasteiger partial charge in [0, 0.05) is 34.3 Å². The van der Waals surface area contributed by atoms with Crippen molar-refractivity contribution >= 4 is 39.1 Å². The summed E-state index contributed by atoms with van der Waals surface area (Å²) in [5, 5.41) is 5.96. The Bertz CT molecular complexity index is 1200. The van der Waals surface area contributed by atoms with Crippen LogP contribution in [0.4, 0.5) is 11.4 Å². The molecule has 1 amide bonds. The molecule has 7 nitrogen and oxygen atoms in total. The largest absolute Gasteiger partial charge is 0.379 e. The number of para-hydroxylation sites is 1. The van der Waals surface area contributed by atoms with Gasteiger partial charge in [0.15, 0.2) is 0 Å². The van der Waals surface area contributed by atoms with Crippen LogP contribution in [0.1, 0.15) is 0 Å². The number of hydrogen-bond donors (Lipinski definition) is 2. The first-order valence-electron chi connectivity index (χ1n) is 10.6. The number of amides is 1. The fourth-order valence-corrected chi connectivity index (χ4v) is 5.77. The third-order valence-electron chi connectivity index (χ3n) is 5.02. The SMILES string of the molecule is O=C(CNc1ccccc1Sc1ccccc1)Nc1cccc(S(=O)(=O)N2CCOCC2)c1. The van der Waals surface area contributed by atoms with E-state index in [1.807, 2.05) is 54.6 Å². The van der Waals surface area contributed by atoms with Crippen LogP contribution in [0.2, 0.25) is 0 Å². The number of morpholine rings is 1. The van der Waals surface area contributed by atoms with Gasteiger partial charge in [0.25, 0.3) is 0 Å². The molecule has 2 N–H and O–H groups in total. The molecule has 0 atom stereocenters. The monoisotopic (exact) mass is 483 g/mol. The molecule has 1 fully saturated rings. The Morgan fingerprint density at radius 1 is 0.939 bits per heavy atom. The summed E-state index contributed by atoms with van der Waals surface area (Å²) in [7, 11) is -3.63. The van der Waals surface area contributed by atoms with Gasteiger partial charge in [0.1, 0.15) is 0 Å². The zero-order valence-electron chi connectivity index (χ0n) is 17.9. The highest BCUT2D eigenvalue weighted by molar-refractivity contribution is 7.99. The number of nitrogens with zero attached hydrogens (tertiary/aromatic N) is 1. The van der Waals surface area contributed by atoms with Crippen LogP contribution in [-0.2, 0) is 19.6 Å².